The van der Waals surface area contributed by atoms with Crippen LogP contribution in [0.5, 0.6) is 0 Å². The number of benzene rings is 2. The zero-order chi connectivity index (χ0) is 66.8. The number of allylic oxidation sites excluding steroid dienone is 4. The number of alkyl halides is 2. The molecule has 92 heavy (non-hydrogen) atoms. The molecule has 504 valence electrons. The van der Waals surface area contributed by atoms with Gasteiger partial charge >= 0.3 is 6.03 Å². The minimum Gasteiger partial charge on any atom is -0.390 e. The SMILES string of the molecule is CCCC1O[C@@H]2C[C@H]3[C@@H]4C[C@H](F)C5=CC(=O)C=C[C@]5(C)[C@@]4(F)[C@@H](O)C[C@]3(C)[C@]2(C(=O)CNC(=O)[C@H](CCCNC(N)=O)CC(=O)[C@@H](NC(C)=O)C(C)C)O1.CCCOCCOCCOCCOCCNC(=O)CCC(=O)N1Cc2ccccc2C#Cc2ccccc21. The lowest BCUT2D eigenvalue weighted by atomic mass is 9.44. The molecule has 2 aromatic carbocycles. The first-order valence-electron chi connectivity index (χ1n) is 32.5. The van der Waals surface area contributed by atoms with Gasteiger partial charge in [-0.05, 0) is 105 Å². The number of fused-ring (bicyclic) bond motifs is 9. The summed E-state index contributed by atoms with van der Waals surface area (Å²) in [6, 6.07) is 13.8. The number of nitrogens with two attached hydrogens (primary N) is 1. The summed E-state index contributed by atoms with van der Waals surface area (Å²) in [5.74, 6) is 0.773. The summed E-state index contributed by atoms with van der Waals surface area (Å²) in [6.45, 7) is 16.7. The molecule has 4 aliphatic carbocycles. The third-order valence-corrected chi connectivity index (χ3v) is 18.8. The summed E-state index contributed by atoms with van der Waals surface area (Å²) >= 11 is 0. The number of para-hydroxylation sites is 1. The van der Waals surface area contributed by atoms with Crippen molar-refractivity contribution in [1.29, 1.82) is 0 Å². The number of primary amides is 1. The Balaban J connectivity index is 0.000000278. The average Bonchev–Trinajstić information content (AvgIpc) is 1.40. The summed E-state index contributed by atoms with van der Waals surface area (Å²) in [4.78, 5) is 104. The van der Waals surface area contributed by atoms with Crippen LogP contribution in [-0.4, -0.2) is 167 Å². The monoisotopic (exact) mass is 1280 g/mol. The van der Waals surface area contributed by atoms with Crippen LogP contribution in [0.4, 0.5) is 19.3 Å². The molecule has 3 saturated carbocycles. The second-order valence-electron chi connectivity index (χ2n) is 25.4. The maximum Gasteiger partial charge on any atom is 0.312 e. The Hall–Kier alpha value is -6.78. The van der Waals surface area contributed by atoms with Gasteiger partial charge in [-0.15, -0.1) is 0 Å². The van der Waals surface area contributed by atoms with Crippen LogP contribution in [0.2, 0.25) is 0 Å². The normalized spacial score (nSPS) is 27.0. The lowest BCUT2D eigenvalue weighted by molar-refractivity contribution is -0.234. The number of Topliss-reactive ketones (excluding diaryl/α,β-unsaturated/α-hetero) is 2. The maximum absolute atomic E-state index is 17.8. The molecule has 23 heteroatoms. The molecule has 6 amide bonds. The Morgan fingerprint density at radius 3 is 2.14 bits per heavy atom. The molecule has 4 fully saturated rings. The van der Waals surface area contributed by atoms with E-state index in [-0.39, 0.29) is 87.0 Å². The predicted octanol–water partition coefficient (Wildman–Crippen LogP) is 6.37. The van der Waals surface area contributed by atoms with Crippen LogP contribution in [0.1, 0.15) is 136 Å². The first-order valence-corrected chi connectivity index (χ1v) is 32.5. The Bertz CT molecular complexity index is 3080. The molecule has 12 atom stereocenters. The van der Waals surface area contributed by atoms with E-state index in [1.54, 1.807) is 25.7 Å². The number of carbonyl (C=O) groups excluding carboxylic acids is 8. The molecule has 1 unspecified atom stereocenters. The van der Waals surface area contributed by atoms with Crippen molar-refractivity contribution in [3.8, 4) is 11.8 Å². The molecule has 0 bridgehead atoms. The van der Waals surface area contributed by atoms with Crippen LogP contribution in [0.25, 0.3) is 0 Å². The van der Waals surface area contributed by atoms with E-state index in [2.05, 4.69) is 40.0 Å². The number of carbonyl (C=O) groups is 8. The highest BCUT2D eigenvalue weighted by atomic mass is 19.1. The van der Waals surface area contributed by atoms with E-state index in [0.29, 0.717) is 72.2 Å². The average molecular weight is 1290 g/mol. The van der Waals surface area contributed by atoms with E-state index in [9.17, 15) is 43.5 Å². The van der Waals surface area contributed by atoms with Crippen LogP contribution in [0.3, 0.4) is 0 Å². The number of ether oxygens (including phenoxy) is 6. The molecule has 0 spiro atoms. The van der Waals surface area contributed by atoms with Gasteiger partial charge in [0, 0.05) is 79.7 Å². The maximum atomic E-state index is 17.8. The van der Waals surface area contributed by atoms with Gasteiger partial charge in [0.2, 0.25) is 23.6 Å². The van der Waals surface area contributed by atoms with Gasteiger partial charge in [-0.1, -0.05) is 89.3 Å². The minimum absolute atomic E-state index is 0.00570. The number of nitrogens with zero attached hydrogens (tertiary/aromatic N) is 1. The number of ketones is 3. The van der Waals surface area contributed by atoms with Gasteiger partial charge in [0.05, 0.1) is 83.3 Å². The zero-order valence-electron chi connectivity index (χ0n) is 54.3. The molecular formula is C69H94F2N6O15. The van der Waals surface area contributed by atoms with Crippen LogP contribution >= 0.6 is 0 Å². The number of rotatable bonds is 32. The number of anilines is 1. The molecule has 21 nitrogen and oxygen atoms in total. The molecule has 2 aromatic rings. The summed E-state index contributed by atoms with van der Waals surface area (Å²) in [6.07, 6.45) is 0.825. The molecular weight excluding hydrogens is 1190 g/mol. The van der Waals surface area contributed by atoms with Gasteiger partial charge in [0.1, 0.15) is 6.17 Å². The molecule has 2 heterocycles. The predicted molar refractivity (Wildman–Crippen MR) is 338 cm³/mol. The number of aliphatic hydroxyl groups excluding tert-OH is 1. The van der Waals surface area contributed by atoms with Crippen LogP contribution in [0, 0.1) is 46.3 Å². The zero-order valence-corrected chi connectivity index (χ0v) is 54.3. The van der Waals surface area contributed by atoms with Gasteiger partial charge in [-0.25, -0.2) is 13.6 Å². The fourth-order valence-corrected chi connectivity index (χ4v) is 14.2. The fraction of sp³-hybridized carbons (Fsp3) is 0.623. The van der Waals surface area contributed by atoms with E-state index in [1.165, 1.54) is 26.0 Å². The fourth-order valence-electron chi connectivity index (χ4n) is 14.2. The summed E-state index contributed by atoms with van der Waals surface area (Å²) < 4.78 is 68.4. The topological polar surface area (TPSA) is 290 Å². The molecule has 8 rings (SSSR count). The van der Waals surface area contributed by atoms with Gasteiger partial charge < -0.3 is 65.4 Å². The first kappa shape index (κ1) is 72.6. The van der Waals surface area contributed by atoms with Crippen LogP contribution < -0.4 is 31.9 Å². The number of amides is 6. The number of urea groups is 1. The molecule has 0 aromatic heterocycles. The second-order valence-corrected chi connectivity index (χ2v) is 25.4. The first-order chi connectivity index (χ1) is 43.9. The lowest BCUT2D eigenvalue weighted by Gasteiger charge is -2.63. The van der Waals surface area contributed by atoms with Gasteiger partial charge in [-0.2, -0.15) is 0 Å². The quantitative estimate of drug-likeness (QED) is 0.0343. The van der Waals surface area contributed by atoms with Gasteiger partial charge in [0.15, 0.2) is 34.9 Å². The Morgan fingerprint density at radius 2 is 1.48 bits per heavy atom. The van der Waals surface area contributed by atoms with Gasteiger partial charge in [-0.3, -0.25) is 33.6 Å². The molecule has 6 aliphatic rings. The summed E-state index contributed by atoms with van der Waals surface area (Å²) in [5, 5.41) is 22.5. The Labute approximate surface area is 538 Å². The van der Waals surface area contributed by atoms with Crippen molar-refractivity contribution in [3.63, 3.8) is 0 Å². The van der Waals surface area contributed by atoms with Gasteiger partial charge in [0.25, 0.3) is 0 Å². The third kappa shape index (κ3) is 16.9. The number of aliphatic hydroxyl groups is 1. The smallest absolute Gasteiger partial charge is 0.312 e. The second kappa shape index (κ2) is 33.4. The molecule has 0 radical (unpaired) electrons. The van der Waals surface area contributed by atoms with Crippen molar-refractivity contribution < 1.29 is 80.7 Å². The highest BCUT2D eigenvalue weighted by Crippen LogP contribution is 2.72. The largest absolute Gasteiger partial charge is 0.390 e. The van der Waals surface area contributed by atoms with Crippen molar-refractivity contribution in [3.05, 3.63) is 89.0 Å². The highest BCUT2D eigenvalue weighted by molar-refractivity contribution is 6.02. The lowest BCUT2D eigenvalue weighted by Crippen LogP contribution is -2.71. The van der Waals surface area contributed by atoms with Crippen molar-refractivity contribution in [2.24, 2.45) is 40.2 Å². The third-order valence-electron chi connectivity index (χ3n) is 18.8. The van der Waals surface area contributed by atoms with Crippen molar-refractivity contribution in [1.82, 2.24) is 21.3 Å². The standard InChI is InChI=1S/C39H56F2N4O9.C30H38N2O6/c1-7-9-32-53-31-17-24-25-16-27(40)26-15-23(47)11-12-36(26,5)38(25,41)29(49)18-37(24,6)39(31,54-32)30(50)19-44-34(51)22(10-8-13-43-35(42)52)14-28(48)33(20(2)3)45-21(4)46;1-2-16-35-18-20-37-22-23-38-21-19-36-17-15-31-29(33)13-14-30(34)32-24-27-9-4-3-7-25(27)11-12-26-8-5-6-10-28(26)32/h11-12,15,20,22,24-25,27,29,31-33,49H,7-10,13-14,16-19H2,1-6H3,(H,44,51)(H,45,46)(H3,42,43,52);3-10H,2,13-24H2,1H3,(H,31,33)/t22-,24+,25+,27+,29+,31-,32?,33+,36+,37+,38+,39-;/m1./s1. The Morgan fingerprint density at radius 1 is 0.826 bits per heavy atom. The Kier molecular flexibility index (Phi) is 26.3. The van der Waals surface area contributed by atoms with E-state index in [4.69, 9.17) is 34.2 Å². The van der Waals surface area contributed by atoms with Crippen molar-refractivity contribution in [2.75, 3.05) is 77.4 Å². The molecule has 1 saturated heterocycles. The highest BCUT2D eigenvalue weighted by Gasteiger charge is 2.80. The minimum atomic E-state index is -2.36. The number of nitrogens with one attached hydrogen (secondary N) is 4. The van der Waals surface area contributed by atoms with Crippen molar-refractivity contribution >= 4 is 52.7 Å². The molecule has 7 N–H and O–H groups in total. The van der Waals surface area contributed by atoms with E-state index >= 15 is 8.78 Å². The van der Waals surface area contributed by atoms with E-state index < -0.39 is 107 Å². The molecule has 2 aliphatic heterocycles. The van der Waals surface area contributed by atoms with E-state index in [1.807, 2.05) is 55.5 Å². The van der Waals surface area contributed by atoms with E-state index in [0.717, 1.165) is 41.5 Å². The van der Waals surface area contributed by atoms with Crippen molar-refractivity contribution in [2.45, 2.75) is 168 Å². The van der Waals surface area contributed by atoms with Crippen LogP contribution in [-0.2, 0) is 68.5 Å². The number of hydrogen-bond acceptors (Lipinski definition) is 15. The summed E-state index contributed by atoms with van der Waals surface area (Å²) in [7, 11) is 0. The summed E-state index contributed by atoms with van der Waals surface area (Å²) in [5.41, 5.74) is 1.69. The number of hydrogen-bond donors (Lipinski definition) is 6. The number of halogens is 2. The van der Waals surface area contributed by atoms with Crippen LogP contribution in [0.15, 0.2) is 72.3 Å².